The first kappa shape index (κ1) is 21.6. The molecule has 1 aromatic carbocycles. The van der Waals surface area contributed by atoms with Crippen LogP contribution in [0.2, 0.25) is 0 Å². The van der Waals surface area contributed by atoms with E-state index in [9.17, 15) is 4.79 Å². The molecule has 5 heterocycles. The highest BCUT2D eigenvalue weighted by molar-refractivity contribution is 5.93. The van der Waals surface area contributed by atoms with Crippen LogP contribution < -0.4 is 4.74 Å². The van der Waals surface area contributed by atoms with Gasteiger partial charge in [0.25, 0.3) is 5.91 Å². The molecule has 3 aromatic heterocycles. The van der Waals surface area contributed by atoms with Crippen molar-refractivity contribution in [2.45, 2.75) is 44.2 Å². The van der Waals surface area contributed by atoms with Gasteiger partial charge in [-0.2, -0.15) is 10.2 Å². The summed E-state index contributed by atoms with van der Waals surface area (Å²) in [6.07, 6.45) is 8.69. The van der Waals surface area contributed by atoms with Gasteiger partial charge >= 0.3 is 0 Å². The predicted molar refractivity (Wildman–Crippen MR) is 134 cm³/mol. The number of aryl methyl sites for hydroxylation is 1. The van der Waals surface area contributed by atoms with Crippen LogP contribution in [0, 0.1) is 0 Å². The number of rotatable bonds is 5. The summed E-state index contributed by atoms with van der Waals surface area (Å²) >= 11 is 0. The van der Waals surface area contributed by atoms with Crippen LogP contribution in [0.5, 0.6) is 5.75 Å². The number of aromatic amines is 1. The van der Waals surface area contributed by atoms with Crippen LogP contribution in [0.1, 0.15) is 36.4 Å². The van der Waals surface area contributed by atoms with E-state index in [2.05, 4.69) is 33.5 Å². The highest BCUT2D eigenvalue weighted by Crippen LogP contribution is 2.39. The Morgan fingerprint density at radius 3 is 2.94 bits per heavy atom. The normalized spacial score (nSPS) is 19.6. The van der Waals surface area contributed by atoms with E-state index in [1.54, 1.807) is 7.11 Å². The Labute approximate surface area is 208 Å². The molecule has 1 amide bonds. The van der Waals surface area contributed by atoms with Gasteiger partial charge in [-0.15, -0.1) is 0 Å². The van der Waals surface area contributed by atoms with Crippen molar-refractivity contribution in [1.29, 1.82) is 0 Å². The maximum atomic E-state index is 12.6. The number of fused-ring (bicyclic) bond motifs is 2. The molecule has 0 saturated carbocycles. The van der Waals surface area contributed by atoms with E-state index in [1.807, 2.05) is 28.0 Å². The molecule has 1 atom stereocenters. The molecule has 36 heavy (non-hydrogen) atoms. The van der Waals surface area contributed by atoms with Crippen molar-refractivity contribution in [2.24, 2.45) is 0 Å². The number of carbonyl (C=O) groups excluding carboxylic acids is 1. The molecular weight excluding hydrogens is 456 g/mol. The zero-order chi connectivity index (χ0) is 24.2. The van der Waals surface area contributed by atoms with Crippen molar-refractivity contribution in [2.75, 3.05) is 26.8 Å². The predicted octanol–water partition coefficient (Wildman–Crippen LogP) is 3.55. The Bertz CT molecular complexity index is 1460. The lowest BCUT2D eigenvalue weighted by atomic mass is 9.99. The lowest BCUT2D eigenvalue weighted by molar-refractivity contribution is -0.147. The fourth-order valence-electron chi connectivity index (χ4n) is 5.76. The number of amides is 1. The standard InChI is InChI=1S/C27H28N6O3/c1-35-23-11-21-26(29-25(23)20-8-3-6-16-5-2-7-19(16)20)24(31-30-21)17-12-28-33(13-17)18-14-32(15-18)27(34)22-9-4-10-36-22/h3,6,8,11-13,18,22H,2,4-5,7,9-10,14-15H2,1H3,(H,30,31)/t22-/m0/s1. The van der Waals surface area contributed by atoms with Gasteiger partial charge in [-0.05, 0) is 43.2 Å². The van der Waals surface area contributed by atoms with Gasteiger partial charge < -0.3 is 14.4 Å². The van der Waals surface area contributed by atoms with Crippen molar-refractivity contribution in [1.82, 2.24) is 29.9 Å². The summed E-state index contributed by atoms with van der Waals surface area (Å²) in [5.41, 5.74) is 8.03. The fourth-order valence-corrected chi connectivity index (χ4v) is 5.76. The van der Waals surface area contributed by atoms with Crippen molar-refractivity contribution < 1.29 is 14.3 Å². The lowest BCUT2D eigenvalue weighted by Crippen LogP contribution is -2.53. The van der Waals surface area contributed by atoms with Crippen LogP contribution >= 0.6 is 0 Å². The first-order valence-electron chi connectivity index (χ1n) is 12.7. The third kappa shape index (κ3) is 3.41. The third-order valence-electron chi connectivity index (χ3n) is 7.75. The second kappa shape index (κ2) is 8.44. The summed E-state index contributed by atoms with van der Waals surface area (Å²) in [7, 11) is 1.68. The monoisotopic (exact) mass is 484 g/mol. The molecule has 0 spiro atoms. The summed E-state index contributed by atoms with van der Waals surface area (Å²) in [5, 5.41) is 12.3. The van der Waals surface area contributed by atoms with Gasteiger partial charge in [0, 0.05) is 43.1 Å². The molecule has 9 nitrogen and oxygen atoms in total. The van der Waals surface area contributed by atoms with Crippen LogP contribution in [-0.4, -0.2) is 68.7 Å². The van der Waals surface area contributed by atoms with Crippen LogP contribution in [-0.2, 0) is 22.4 Å². The molecule has 3 aliphatic rings. The Morgan fingerprint density at radius 2 is 2.11 bits per heavy atom. The number of methoxy groups -OCH3 is 1. The van der Waals surface area contributed by atoms with Crippen molar-refractivity contribution in [3.63, 3.8) is 0 Å². The number of ether oxygens (including phenoxy) is 2. The quantitative estimate of drug-likeness (QED) is 0.465. The van der Waals surface area contributed by atoms with E-state index in [0.29, 0.717) is 19.7 Å². The van der Waals surface area contributed by atoms with Crippen molar-refractivity contribution in [3.8, 4) is 28.3 Å². The molecule has 7 rings (SSSR count). The zero-order valence-electron chi connectivity index (χ0n) is 20.2. The Morgan fingerprint density at radius 1 is 1.19 bits per heavy atom. The smallest absolute Gasteiger partial charge is 0.251 e. The number of carbonyl (C=O) groups is 1. The average molecular weight is 485 g/mol. The minimum atomic E-state index is -0.266. The Kier molecular flexibility index (Phi) is 5.06. The highest BCUT2D eigenvalue weighted by atomic mass is 16.5. The van der Waals surface area contributed by atoms with E-state index in [4.69, 9.17) is 14.5 Å². The van der Waals surface area contributed by atoms with Crippen molar-refractivity contribution in [3.05, 3.63) is 47.8 Å². The summed E-state index contributed by atoms with van der Waals surface area (Å²) in [6, 6.07) is 8.60. The summed E-state index contributed by atoms with van der Waals surface area (Å²) in [5.74, 6) is 0.840. The molecule has 1 aliphatic carbocycles. The van der Waals surface area contributed by atoms with Gasteiger partial charge in [-0.25, -0.2) is 4.98 Å². The minimum Gasteiger partial charge on any atom is -0.494 e. The lowest BCUT2D eigenvalue weighted by Gasteiger charge is -2.40. The average Bonchev–Trinajstić information content (AvgIpc) is 3.67. The van der Waals surface area contributed by atoms with E-state index in [1.165, 1.54) is 17.5 Å². The summed E-state index contributed by atoms with van der Waals surface area (Å²) in [6.45, 7) is 1.99. The Hall–Kier alpha value is -3.72. The van der Waals surface area contributed by atoms with Crippen LogP contribution in [0.25, 0.3) is 33.5 Å². The second-order valence-electron chi connectivity index (χ2n) is 9.91. The number of aromatic nitrogens is 5. The highest BCUT2D eigenvalue weighted by Gasteiger charge is 2.37. The van der Waals surface area contributed by atoms with Gasteiger partial charge in [-0.1, -0.05) is 18.2 Å². The molecule has 184 valence electrons. The maximum Gasteiger partial charge on any atom is 0.251 e. The maximum absolute atomic E-state index is 12.6. The van der Waals surface area contributed by atoms with Crippen molar-refractivity contribution >= 4 is 16.9 Å². The molecule has 0 bridgehead atoms. The molecule has 2 fully saturated rings. The molecule has 2 aliphatic heterocycles. The molecule has 4 aromatic rings. The zero-order valence-corrected chi connectivity index (χ0v) is 20.2. The van der Waals surface area contributed by atoms with Crippen LogP contribution in [0.4, 0.5) is 0 Å². The number of nitrogens with one attached hydrogen (secondary N) is 1. The molecule has 1 N–H and O–H groups in total. The minimum absolute atomic E-state index is 0.104. The fraction of sp³-hybridized carbons (Fsp3) is 0.407. The van der Waals surface area contributed by atoms with E-state index < -0.39 is 0 Å². The summed E-state index contributed by atoms with van der Waals surface area (Å²) in [4.78, 5) is 19.5. The molecule has 2 saturated heterocycles. The number of H-pyrrole nitrogens is 1. The van der Waals surface area contributed by atoms with Gasteiger partial charge in [-0.3, -0.25) is 14.6 Å². The van der Waals surface area contributed by atoms with Gasteiger partial charge in [0.15, 0.2) is 0 Å². The van der Waals surface area contributed by atoms with E-state index >= 15 is 0 Å². The number of benzene rings is 1. The van der Waals surface area contributed by atoms with E-state index in [0.717, 1.165) is 65.0 Å². The third-order valence-corrected chi connectivity index (χ3v) is 7.75. The Balaban J connectivity index is 1.18. The van der Waals surface area contributed by atoms with Gasteiger partial charge in [0.1, 0.15) is 28.8 Å². The second-order valence-corrected chi connectivity index (χ2v) is 9.91. The largest absolute Gasteiger partial charge is 0.494 e. The first-order valence-corrected chi connectivity index (χ1v) is 12.7. The number of pyridine rings is 1. The first-order chi connectivity index (χ1) is 17.7. The van der Waals surface area contributed by atoms with E-state index in [-0.39, 0.29) is 18.1 Å². The van der Waals surface area contributed by atoms with Crippen LogP contribution in [0.15, 0.2) is 36.7 Å². The summed E-state index contributed by atoms with van der Waals surface area (Å²) < 4.78 is 13.2. The topological polar surface area (TPSA) is 98.2 Å². The molecule has 0 radical (unpaired) electrons. The van der Waals surface area contributed by atoms with Gasteiger partial charge in [0.05, 0.1) is 24.9 Å². The molecular formula is C27H28N6O3. The number of hydrogen-bond donors (Lipinski definition) is 1. The SMILES string of the molecule is COc1cc2[nH]nc(-c3cnn(C4CN(C(=O)[C@@H]5CCCO5)C4)c3)c2nc1-c1cccc2c1CCC2. The van der Waals surface area contributed by atoms with Crippen LogP contribution in [0.3, 0.4) is 0 Å². The number of hydrogen-bond acceptors (Lipinski definition) is 6. The number of likely N-dealkylation sites (tertiary alicyclic amines) is 1. The molecule has 0 unspecified atom stereocenters. The molecule has 9 heteroatoms. The van der Waals surface area contributed by atoms with Gasteiger partial charge in [0.2, 0.25) is 0 Å². The number of nitrogens with zero attached hydrogens (tertiary/aromatic N) is 5.